The summed E-state index contributed by atoms with van der Waals surface area (Å²) in [5, 5.41) is 23.0. The van der Waals surface area contributed by atoms with Gasteiger partial charge in [0, 0.05) is 5.41 Å². The Morgan fingerprint density at radius 2 is 1.75 bits per heavy atom. The molecule has 2 aromatic rings. The Labute approximate surface area is 191 Å². The van der Waals surface area contributed by atoms with Crippen molar-refractivity contribution < 1.29 is 14.6 Å². The largest absolute Gasteiger partial charge is 0.493 e. The van der Waals surface area contributed by atoms with E-state index >= 15 is 0 Å². The Morgan fingerprint density at radius 3 is 2.31 bits per heavy atom. The van der Waals surface area contributed by atoms with Gasteiger partial charge in [0.15, 0.2) is 0 Å². The summed E-state index contributed by atoms with van der Waals surface area (Å²) >= 11 is 0. The molecule has 170 valence electrons. The number of amides is 1. The summed E-state index contributed by atoms with van der Waals surface area (Å²) in [4.78, 5) is 13.1. The minimum Gasteiger partial charge on any atom is -0.493 e. The quantitative estimate of drug-likeness (QED) is 0.563. The average Bonchev–Trinajstić information content (AvgIpc) is 3.21. The fourth-order valence-electron chi connectivity index (χ4n) is 4.44. The van der Waals surface area contributed by atoms with Gasteiger partial charge in [-0.2, -0.15) is 5.26 Å². The van der Waals surface area contributed by atoms with Crippen LogP contribution >= 0.6 is 0 Å². The van der Waals surface area contributed by atoms with Gasteiger partial charge in [-0.3, -0.25) is 4.79 Å². The third-order valence-corrected chi connectivity index (χ3v) is 6.42. The van der Waals surface area contributed by atoms with E-state index in [0.29, 0.717) is 6.61 Å². The van der Waals surface area contributed by atoms with Gasteiger partial charge in [0.1, 0.15) is 5.75 Å². The van der Waals surface area contributed by atoms with Crippen molar-refractivity contribution in [1.82, 2.24) is 5.32 Å². The predicted octanol–water partition coefficient (Wildman–Crippen LogP) is 5.27. The molecule has 0 radical (unpaired) electrons. The van der Waals surface area contributed by atoms with Gasteiger partial charge in [0.2, 0.25) is 5.91 Å². The van der Waals surface area contributed by atoms with E-state index in [4.69, 9.17) is 4.74 Å². The average molecular weight is 435 g/mol. The van der Waals surface area contributed by atoms with Gasteiger partial charge in [-0.25, -0.2) is 0 Å². The number of ether oxygens (including phenoxy) is 1. The minimum atomic E-state index is -1.19. The fourth-order valence-corrected chi connectivity index (χ4v) is 4.44. The van der Waals surface area contributed by atoms with Crippen molar-refractivity contribution in [1.29, 1.82) is 5.26 Å². The lowest BCUT2D eigenvalue weighted by molar-refractivity contribution is -0.125. The van der Waals surface area contributed by atoms with Gasteiger partial charge < -0.3 is 15.2 Å². The normalized spacial score (nSPS) is 17.2. The van der Waals surface area contributed by atoms with Crippen LogP contribution in [0.1, 0.15) is 76.0 Å². The second kappa shape index (κ2) is 10.2. The molecule has 3 rings (SSSR count). The molecule has 5 nitrogen and oxygen atoms in total. The van der Waals surface area contributed by atoms with Crippen LogP contribution in [0.3, 0.4) is 0 Å². The molecule has 0 unspecified atom stereocenters. The molecule has 1 aliphatic carbocycles. The molecule has 0 spiro atoms. The molecular weight excluding hydrogens is 400 g/mol. The van der Waals surface area contributed by atoms with Crippen molar-refractivity contribution in [3.63, 3.8) is 0 Å². The molecule has 1 aliphatic rings. The number of aliphatic hydroxyl groups is 1. The zero-order chi connectivity index (χ0) is 23.2. The monoisotopic (exact) mass is 434 g/mol. The Morgan fingerprint density at radius 1 is 1.12 bits per heavy atom. The number of hydrogen-bond donors (Lipinski definition) is 2. The SMILES string of the molecule is CC1(COc2ccc([C@@H](NC(=O)[C@@H](CC#N)c3ccccc3)C(C)(C)O)cc2)CCCC1. The van der Waals surface area contributed by atoms with Crippen molar-refractivity contribution in [2.45, 2.75) is 70.4 Å². The lowest BCUT2D eigenvalue weighted by atomic mass is 9.89. The Hall–Kier alpha value is -2.84. The number of benzene rings is 2. The van der Waals surface area contributed by atoms with Crippen molar-refractivity contribution in [3.05, 3.63) is 65.7 Å². The smallest absolute Gasteiger partial charge is 0.229 e. The molecule has 0 aliphatic heterocycles. The third kappa shape index (κ3) is 6.11. The minimum absolute atomic E-state index is 0.0694. The van der Waals surface area contributed by atoms with E-state index in [1.54, 1.807) is 13.8 Å². The van der Waals surface area contributed by atoms with Gasteiger partial charge in [0.05, 0.1) is 36.7 Å². The van der Waals surface area contributed by atoms with Crippen molar-refractivity contribution in [3.8, 4) is 11.8 Å². The van der Waals surface area contributed by atoms with Gasteiger partial charge >= 0.3 is 0 Å². The molecule has 5 heteroatoms. The van der Waals surface area contributed by atoms with Crippen LogP contribution in [0, 0.1) is 16.7 Å². The van der Waals surface area contributed by atoms with E-state index in [1.807, 2.05) is 54.6 Å². The number of carbonyl (C=O) groups excluding carboxylic acids is 1. The second-order valence-electron chi connectivity index (χ2n) is 9.80. The molecule has 1 fully saturated rings. The van der Waals surface area contributed by atoms with Crippen molar-refractivity contribution >= 4 is 5.91 Å². The number of nitrogens with one attached hydrogen (secondary N) is 1. The lowest BCUT2D eigenvalue weighted by Gasteiger charge is -2.32. The molecule has 2 aromatic carbocycles. The summed E-state index contributed by atoms with van der Waals surface area (Å²) in [5.41, 5.74) is 0.623. The summed E-state index contributed by atoms with van der Waals surface area (Å²) in [6, 6.07) is 18.3. The molecule has 32 heavy (non-hydrogen) atoms. The summed E-state index contributed by atoms with van der Waals surface area (Å²) in [7, 11) is 0. The van der Waals surface area contributed by atoms with Crippen LogP contribution in [0.15, 0.2) is 54.6 Å². The van der Waals surface area contributed by atoms with E-state index in [-0.39, 0.29) is 17.7 Å². The molecule has 0 saturated heterocycles. The Kier molecular flexibility index (Phi) is 7.58. The fraction of sp³-hybridized carbons (Fsp3) is 0.481. The topological polar surface area (TPSA) is 82.3 Å². The first-order valence-electron chi connectivity index (χ1n) is 11.4. The first kappa shape index (κ1) is 23.8. The highest BCUT2D eigenvalue weighted by Gasteiger charge is 2.33. The highest BCUT2D eigenvalue weighted by Crippen LogP contribution is 2.38. The van der Waals surface area contributed by atoms with E-state index in [0.717, 1.165) is 16.9 Å². The molecule has 0 heterocycles. The van der Waals surface area contributed by atoms with Crippen LogP contribution in [-0.4, -0.2) is 23.2 Å². The van der Waals surface area contributed by atoms with Crippen LogP contribution in [0.25, 0.3) is 0 Å². The van der Waals surface area contributed by atoms with Gasteiger partial charge in [0.25, 0.3) is 0 Å². The molecule has 1 saturated carbocycles. The maximum atomic E-state index is 13.1. The lowest BCUT2D eigenvalue weighted by Crippen LogP contribution is -2.43. The zero-order valence-electron chi connectivity index (χ0n) is 19.3. The highest BCUT2D eigenvalue weighted by molar-refractivity contribution is 5.84. The van der Waals surface area contributed by atoms with Gasteiger partial charge in [-0.05, 0) is 49.9 Å². The van der Waals surface area contributed by atoms with E-state index in [9.17, 15) is 15.2 Å². The van der Waals surface area contributed by atoms with Crippen molar-refractivity contribution in [2.24, 2.45) is 5.41 Å². The molecule has 1 amide bonds. The van der Waals surface area contributed by atoms with E-state index in [1.165, 1.54) is 25.7 Å². The maximum Gasteiger partial charge on any atom is 0.229 e. The van der Waals surface area contributed by atoms with E-state index in [2.05, 4.69) is 18.3 Å². The molecule has 2 N–H and O–H groups in total. The van der Waals surface area contributed by atoms with Crippen LogP contribution in [0.2, 0.25) is 0 Å². The number of nitrogens with zero attached hydrogens (tertiary/aromatic N) is 1. The predicted molar refractivity (Wildman–Crippen MR) is 125 cm³/mol. The molecular formula is C27H34N2O3. The first-order chi connectivity index (χ1) is 15.2. The molecule has 2 atom stereocenters. The van der Waals surface area contributed by atoms with E-state index < -0.39 is 17.6 Å². The standard InChI is InChI=1S/C27H34N2O3/c1-26(2,31)24(29-25(30)23(15-18-28)20-9-5-4-6-10-20)21-11-13-22(14-12-21)32-19-27(3)16-7-8-17-27/h4-6,9-14,23-24,31H,7-8,15-17,19H2,1-3H3,(H,29,30)/t23-,24+/m0/s1. The van der Waals surface area contributed by atoms with Gasteiger partial charge in [-0.1, -0.05) is 62.2 Å². The Bertz CT molecular complexity index is 920. The number of nitriles is 1. The summed E-state index contributed by atoms with van der Waals surface area (Å²) in [6.07, 6.45) is 5.00. The number of hydrogen-bond acceptors (Lipinski definition) is 4. The molecule has 0 aromatic heterocycles. The number of rotatable bonds is 9. The summed E-state index contributed by atoms with van der Waals surface area (Å²) < 4.78 is 6.04. The zero-order valence-corrected chi connectivity index (χ0v) is 19.3. The van der Waals surface area contributed by atoms with Crippen LogP contribution in [0.5, 0.6) is 5.75 Å². The molecule has 0 bridgehead atoms. The first-order valence-corrected chi connectivity index (χ1v) is 11.4. The van der Waals surface area contributed by atoms with Gasteiger partial charge in [-0.15, -0.1) is 0 Å². The third-order valence-electron chi connectivity index (χ3n) is 6.42. The highest BCUT2D eigenvalue weighted by atomic mass is 16.5. The second-order valence-corrected chi connectivity index (χ2v) is 9.80. The maximum absolute atomic E-state index is 13.1. The summed E-state index contributed by atoms with van der Waals surface area (Å²) in [5.74, 6) is -0.0884. The Balaban J connectivity index is 1.73. The summed E-state index contributed by atoms with van der Waals surface area (Å²) in [6.45, 7) is 6.32. The van der Waals surface area contributed by atoms with Crippen LogP contribution in [0.4, 0.5) is 0 Å². The van der Waals surface area contributed by atoms with Crippen LogP contribution in [-0.2, 0) is 4.79 Å². The van der Waals surface area contributed by atoms with Crippen LogP contribution < -0.4 is 10.1 Å². The number of carbonyl (C=O) groups is 1. The van der Waals surface area contributed by atoms with Crippen molar-refractivity contribution in [2.75, 3.05) is 6.61 Å².